The first-order valence-corrected chi connectivity index (χ1v) is 9.06. The average molecular weight is 341 g/mol. The zero-order valence-electron chi connectivity index (χ0n) is 14.9. The quantitative estimate of drug-likeness (QED) is 0.599. The molecule has 1 amide bonds. The van der Waals surface area contributed by atoms with E-state index in [9.17, 15) is 4.79 Å². The van der Waals surface area contributed by atoms with Gasteiger partial charge in [-0.25, -0.2) is 4.98 Å². The highest BCUT2D eigenvalue weighted by Crippen LogP contribution is 2.22. The van der Waals surface area contributed by atoms with Gasteiger partial charge in [0.05, 0.1) is 0 Å². The van der Waals surface area contributed by atoms with Crippen LogP contribution in [0.5, 0.6) is 5.75 Å². The Hall–Kier alpha value is -2.43. The number of aromatic nitrogens is 2. The van der Waals surface area contributed by atoms with Crippen LogP contribution in [0.25, 0.3) is 0 Å². The molecule has 2 rings (SSSR count). The molecule has 5 heteroatoms. The molecule has 0 fully saturated rings. The number of rotatable bonds is 11. The number of carbonyl (C=O) groups excluding carboxylic acids is 1. The topological polar surface area (TPSA) is 64.1 Å². The van der Waals surface area contributed by atoms with Gasteiger partial charge in [0.1, 0.15) is 6.61 Å². The van der Waals surface area contributed by atoms with Crippen molar-refractivity contribution in [1.82, 2.24) is 9.97 Å². The number of carbonyl (C=O) groups is 1. The minimum Gasteiger partial charge on any atom is -0.485 e. The first-order chi connectivity index (χ1) is 12.3. The maximum Gasteiger partial charge on any atom is 0.225 e. The van der Waals surface area contributed by atoms with Crippen LogP contribution in [0.3, 0.4) is 0 Å². The third-order valence-electron chi connectivity index (χ3n) is 3.93. The van der Waals surface area contributed by atoms with Crippen LogP contribution in [0, 0.1) is 0 Å². The number of amides is 1. The molecule has 0 radical (unpaired) electrons. The van der Waals surface area contributed by atoms with Gasteiger partial charge in [0.25, 0.3) is 0 Å². The van der Waals surface area contributed by atoms with E-state index in [4.69, 9.17) is 4.74 Å². The van der Waals surface area contributed by atoms with Crippen molar-refractivity contribution in [3.63, 3.8) is 0 Å². The standard InChI is InChI=1S/C20H27N3O2/c1-2-3-4-5-6-7-10-19(24)23-20-18(9-8-13-22-20)25-16-17-11-14-21-15-12-17/h8-9,11-15H,2-7,10,16H2,1H3,(H,22,23,24). The second-order valence-corrected chi connectivity index (χ2v) is 6.06. The van der Waals surface area contributed by atoms with Crippen molar-refractivity contribution in [3.8, 4) is 5.75 Å². The first-order valence-electron chi connectivity index (χ1n) is 9.06. The molecule has 0 atom stereocenters. The number of nitrogens with zero attached hydrogens (tertiary/aromatic N) is 2. The van der Waals surface area contributed by atoms with E-state index in [0.29, 0.717) is 24.6 Å². The van der Waals surface area contributed by atoms with E-state index in [-0.39, 0.29) is 5.91 Å². The molecule has 5 nitrogen and oxygen atoms in total. The molecular weight excluding hydrogens is 314 g/mol. The summed E-state index contributed by atoms with van der Waals surface area (Å²) in [5, 5.41) is 2.86. The van der Waals surface area contributed by atoms with Gasteiger partial charge < -0.3 is 10.1 Å². The monoisotopic (exact) mass is 341 g/mol. The molecule has 0 saturated carbocycles. The Morgan fingerprint density at radius 2 is 1.80 bits per heavy atom. The fourth-order valence-electron chi connectivity index (χ4n) is 2.50. The maximum absolute atomic E-state index is 12.1. The molecule has 1 N–H and O–H groups in total. The maximum atomic E-state index is 12.1. The van der Waals surface area contributed by atoms with Crippen LogP contribution in [-0.4, -0.2) is 15.9 Å². The number of pyridine rings is 2. The molecular formula is C20H27N3O2. The Morgan fingerprint density at radius 3 is 2.60 bits per heavy atom. The summed E-state index contributed by atoms with van der Waals surface area (Å²) in [7, 11) is 0. The van der Waals surface area contributed by atoms with E-state index < -0.39 is 0 Å². The van der Waals surface area contributed by atoms with Gasteiger partial charge in [0.2, 0.25) is 5.91 Å². The molecule has 0 saturated heterocycles. The van der Waals surface area contributed by atoms with Crippen LogP contribution in [0.2, 0.25) is 0 Å². The van der Waals surface area contributed by atoms with Gasteiger partial charge in [-0.2, -0.15) is 0 Å². The van der Waals surface area contributed by atoms with Crippen molar-refractivity contribution in [2.24, 2.45) is 0 Å². The number of anilines is 1. The highest BCUT2D eigenvalue weighted by molar-refractivity contribution is 5.91. The molecule has 0 spiro atoms. The lowest BCUT2D eigenvalue weighted by molar-refractivity contribution is -0.116. The molecule has 0 aliphatic rings. The van der Waals surface area contributed by atoms with Crippen LogP contribution in [-0.2, 0) is 11.4 Å². The van der Waals surface area contributed by atoms with Gasteiger partial charge in [-0.1, -0.05) is 39.0 Å². The molecule has 25 heavy (non-hydrogen) atoms. The number of ether oxygens (including phenoxy) is 1. The van der Waals surface area contributed by atoms with Gasteiger partial charge in [-0.15, -0.1) is 0 Å². The van der Waals surface area contributed by atoms with Crippen molar-refractivity contribution >= 4 is 11.7 Å². The lowest BCUT2D eigenvalue weighted by Gasteiger charge is -2.11. The molecule has 134 valence electrons. The van der Waals surface area contributed by atoms with Crippen molar-refractivity contribution in [2.75, 3.05) is 5.32 Å². The third kappa shape index (κ3) is 7.33. The van der Waals surface area contributed by atoms with Crippen LogP contribution in [0.1, 0.15) is 57.4 Å². The summed E-state index contributed by atoms with van der Waals surface area (Å²) < 4.78 is 5.79. The molecule has 0 unspecified atom stereocenters. The van der Waals surface area contributed by atoms with E-state index in [1.807, 2.05) is 18.2 Å². The normalized spacial score (nSPS) is 10.4. The van der Waals surface area contributed by atoms with Crippen LogP contribution in [0.15, 0.2) is 42.9 Å². The zero-order valence-corrected chi connectivity index (χ0v) is 14.9. The molecule has 0 aliphatic carbocycles. The molecule has 2 aromatic heterocycles. The van der Waals surface area contributed by atoms with E-state index >= 15 is 0 Å². The second-order valence-electron chi connectivity index (χ2n) is 6.06. The van der Waals surface area contributed by atoms with Gasteiger partial charge in [-0.3, -0.25) is 9.78 Å². The van der Waals surface area contributed by atoms with Gasteiger partial charge in [-0.05, 0) is 36.2 Å². The summed E-state index contributed by atoms with van der Waals surface area (Å²) in [6, 6.07) is 7.40. The van der Waals surface area contributed by atoms with Crippen molar-refractivity contribution in [2.45, 2.75) is 58.5 Å². The highest BCUT2D eigenvalue weighted by Gasteiger charge is 2.09. The van der Waals surface area contributed by atoms with E-state index in [0.717, 1.165) is 18.4 Å². The van der Waals surface area contributed by atoms with Crippen molar-refractivity contribution < 1.29 is 9.53 Å². The summed E-state index contributed by atoms with van der Waals surface area (Å²) >= 11 is 0. The molecule has 0 bridgehead atoms. The summed E-state index contributed by atoms with van der Waals surface area (Å²) in [4.78, 5) is 20.3. The van der Waals surface area contributed by atoms with E-state index in [2.05, 4.69) is 22.2 Å². The van der Waals surface area contributed by atoms with E-state index in [1.165, 1.54) is 25.7 Å². The lowest BCUT2D eigenvalue weighted by Crippen LogP contribution is -2.13. The fourth-order valence-corrected chi connectivity index (χ4v) is 2.50. The minimum absolute atomic E-state index is 0.0112. The molecule has 0 aliphatic heterocycles. The SMILES string of the molecule is CCCCCCCCC(=O)Nc1ncccc1OCc1ccncc1. The zero-order chi connectivity index (χ0) is 17.7. The van der Waals surface area contributed by atoms with Crippen LogP contribution in [0.4, 0.5) is 5.82 Å². The minimum atomic E-state index is -0.0112. The Bertz CT molecular complexity index is 632. The summed E-state index contributed by atoms with van der Waals surface area (Å²) in [5.74, 6) is 1.05. The predicted molar refractivity (Wildman–Crippen MR) is 99.4 cm³/mol. The summed E-state index contributed by atoms with van der Waals surface area (Å²) in [6.07, 6.45) is 12.6. The Morgan fingerprint density at radius 1 is 1.04 bits per heavy atom. The molecule has 2 aromatic rings. The number of hydrogen-bond acceptors (Lipinski definition) is 4. The van der Waals surface area contributed by atoms with Gasteiger partial charge in [0, 0.05) is 25.0 Å². The molecule has 2 heterocycles. The highest BCUT2D eigenvalue weighted by atomic mass is 16.5. The van der Waals surface area contributed by atoms with Crippen molar-refractivity contribution in [1.29, 1.82) is 0 Å². The molecule has 0 aromatic carbocycles. The van der Waals surface area contributed by atoms with Gasteiger partial charge in [0.15, 0.2) is 11.6 Å². The number of hydrogen-bond donors (Lipinski definition) is 1. The second kappa shape index (κ2) is 11.2. The smallest absolute Gasteiger partial charge is 0.225 e. The number of nitrogens with one attached hydrogen (secondary N) is 1. The fraction of sp³-hybridized carbons (Fsp3) is 0.450. The lowest BCUT2D eigenvalue weighted by atomic mass is 10.1. The Balaban J connectivity index is 1.78. The van der Waals surface area contributed by atoms with E-state index in [1.54, 1.807) is 24.7 Å². The summed E-state index contributed by atoms with van der Waals surface area (Å²) in [5.41, 5.74) is 1.02. The average Bonchev–Trinajstić information content (AvgIpc) is 2.65. The van der Waals surface area contributed by atoms with Crippen molar-refractivity contribution in [3.05, 3.63) is 48.4 Å². The first kappa shape index (κ1) is 18.9. The number of unbranched alkanes of at least 4 members (excludes halogenated alkanes) is 5. The van der Waals surface area contributed by atoms with Crippen LogP contribution >= 0.6 is 0 Å². The predicted octanol–water partition coefficient (Wildman–Crippen LogP) is 4.74. The Labute approximate surface area is 149 Å². The third-order valence-corrected chi connectivity index (χ3v) is 3.93. The largest absolute Gasteiger partial charge is 0.485 e. The van der Waals surface area contributed by atoms with Crippen LogP contribution < -0.4 is 10.1 Å². The summed E-state index contributed by atoms with van der Waals surface area (Å²) in [6.45, 7) is 2.61. The Kier molecular flexibility index (Phi) is 8.45. The van der Waals surface area contributed by atoms with Gasteiger partial charge >= 0.3 is 0 Å².